The summed E-state index contributed by atoms with van der Waals surface area (Å²) >= 11 is 0. The van der Waals surface area contributed by atoms with Crippen molar-refractivity contribution in [3.63, 3.8) is 0 Å². The molecule has 7 heteroatoms. The third-order valence-corrected chi connectivity index (χ3v) is 5.24. The zero-order chi connectivity index (χ0) is 18.4. The maximum Gasteiger partial charge on any atom is 0.244 e. The van der Waals surface area contributed by atoms with Crippen LogP contribution in [0.4, 0.5) is 0 Å². The van der Waals surface area contributed by atoms with Crippen molar-refractivity contribution in [1.82, 2.24) is 9.71 Å². The van der Waals surface area contributed by atoms with Crippen LogP contribution < -0.4 is 14.2 Å². The van der Waals surface area contributed by atoms with Gasteiger partial charge in [0.15, 0.2) is 0 Å². The van der Waals surface area contributed by atoms with E-state index in [9.17, 15) is 8.42 Å². The number of sulfonamides is 1. The molecule has 1 aromatic heterocycles. The molecule has 0 fully saturated rings. The molecule has 1 N–H and O–H groups in total. The van der Waals surface area contributed by atoms with Crippen molar-refractivity contribution in [2.75, 3.05) is 14.2 Å². The fourth-order valence-electron chi connectivity index (χ4n) is 2.55. The van der Waals surface area contributed by atoms with Gasteiger partial charge >= 0.3 is 0 Å². The molecular formula is C18H24N2O4S. The van der Waals surface area contributed by atoms with Crippen molar-refractivity contribution in [3.05, 3.63) is 48.3 Å². The van der Waals surface area contributed by atoms with Crippen LogP contribution >= 0.6 is 0 Å². The predicted octanol–water partition coefficient (Wildman–Crippen LogP) is 3.16. The highest BCUT2D eigenvalue weighted by molar-refractivity contribution is 7.89. The lowest BCUT2D eigenvalue weighted by Crippen LogP contribution is -2.30. The molecule has 1 unspecified atom stereocenters. The number of hydrogen-bond donors (Lipinski definition) is 1. The van der Waals surface area contributed by atoms with E-state index in [1.54, 1.807) is 30.6 Å². The van der Waals surface area contributed by atoms with E-state index in [1.165, 1.54) is 20.3 Å². The lowest BCUT2D eigenvalue weighted by Gasteiger charge is -2.21. The minimum atomic E-state index is -3.81. The van der Waals surface area contributed by atoms with Gasteiger partial charge in [-0.1, -0.05) is 19.9 Å². The molecule has 2 rings (SSSR count). The summed E-state index contributed by atoms with van der Waals surface area (Å²) in [6.45, 7) is 4.09. The lowest BCUT2D eigenvalue weighted by molar-refractivity contribution is 0.391. The number of nitrogens with zero attached hydrogens (tertiary/aromatic N) is 1. The lowest BCUT2D eigenvalue weighted by atomic mass is 9.99. The van der Waals surface area contributed by atoms with Crippen molar-refractivity contribution in [2.45, 2.75) is 31.2 Å². The van der Waals surface area contributed by atoms with E-state index >= 15 is 0 Å². The Labute approximate surface area is 149 Å². The number of benzene rings is 1. The number of hydrogen-bond acceptors (Lipinski definition) is 5. The van der Waals surface area contributed by atoms with Gasteiger partial charge in [0.2, 0.25) is 10.0 Å². The van der Waals surface area contributed by atoms with Gasteiger partial charge in [-0.25, -0.2) is 13.1 Å². The van der Waals surface area contributed by atoms with Crippen LogP contribution in [-0.4, -0.2) is 27.6 Å². The number of aromatic nitrogens is 1. The maximum absolute atomic E-state index is 13.0. The van der Waals surface area contributed by atoms with Gasteiger partial charge in [0.05, 0.1) is 14.2 Å². The molecule has 0 aliphatic carbocycles. The van der Waals surface area contributed by atoms with E-state index in [2.05, 4.69) is 9.71 Å². The molecule has 0 aliphatic rings. The summed E-state index contributed by atoms with van der Waals surface area (Å²) in [5.41, 5.74) is 0.821. The quantitative estimate of drug-likeness (QED) is 0.778. The summed E-state index contributed by atoms with van der Waals surface area (Å²) in [6.07, 6.45) is 3.99. The molecular weight excluding hydrogens is 340 g/mol. The smallest absolute Gasteiger partial charge is 0.244 e. The number of nitrogens with one attached hydrogen (secondary N) is 1. The largest absolute Gasteiger partial charge is 0.497 e. The van der Waals surface area contributed by atoms with Crippen LogP contribution in [0.1, 0.15) is 31.9 Å². The van der Waals surface area contributed by atoms with E-state index in [0.717, 1.165) is 5.56 Å². The summed E-state index contributed by atoms with van der Waals surface area (Å²) in [4.78, 5) is 4.15. The Kier molecular flexibility index (Phi) is 6.39. The Hall–Kier alpha value is -2.12. The van der Waals surface area contributed by atoms with E-state index in [1.807, 2.05) is 19.9 Å². The van der Waals surface area contributed by atoms with E-state index in [-0.39, 0.29) is 16.7 Å². The first kappa shape index (κ1) is 19.2. The molecule has 0 bridgehead atoms. The fraction of sp³-hybridized carbons (Fsp3) is 0.389. The maximum atomic E-state index is 13.0. The van der Waals surface area contributed by atoms with Crippen LogP contribution in [0.5, 0.6) is 11.5 Å². The van der Waals surface area contributed by atoms with Crippen molar-refractivity contribution in [1.29, 1.82) is 0 Å². The monoisotopic (exact) mass is 364 g/mol. The molecule has 1 aromatic carbocycles. The summed E-state index contributed by atoms with van der Waals surface area (Å²) in [5, 5.41) is 0. The standard InChI is InChI=1S/C18H24N2O4S/c1-13(2)10-16(14-6-5-9-19-12-14)20-25(21,22)18-11-15(23-3)7-8-17(18)24-4/h5-9,11-13,16,20H,10H2,1-4H3. The summed E-state index contributed by atoms with van der Waals surface area (Å²) in [5.74, 6) is 1.02. The first-order valence-corrected chi connectivity index (χ1v) is 9.50. The normalized spacial score (nSPS) is 12.8. The van der Waals surface area contributed by atoms with Crippen molar-refractivity contribution < 1.29 is 17.9 Å². The van der Waals surface area contributed by atoms with Gasteiger partial charge in [-0.3, -0.25) is 4.98 Å². The van der Waals surface area contributed by atoms with Crippen molar-refractivity contribution >= 4 is 10.0 Å². The molecule has 25 heavy (non-hydrogen) atoms. The molecule has 1 atom stereocenters. The molecule has 136 valence electrons. The molecule has 0 radical (unpaired) electrons. The van der Waals surface area contributed by atoms with E-state index in [4.69, 9.17) is 9.47 Å². The minimum Gasteiger partial charge on any atom is -0.497 e. The fourth-order valence-corrected chi connectivity index (χ4v) is 3.97. The van der Waals surface area contributed by atoms with Gasteiger partial charge < -0.3 is 9.47 Å². The third-order valence-electron chi connectivity index (χ3n) is 3.75. The summed E-state index contributed by atoms with van der Waals surface area (Å²) < 4.78 is 39.1. The van der Waals surface area contributed by atoms with Gasteiger partial charge in [-0.15, -0.1) is 0 Å². The van der Waals surface area contributed by atoms with E-state index < -0.39 is 10.0 Å². The highest BCUT2D eigenvalue weighted by atomic mass is 32.2. The van der Waals surface area contributed by atoms with Gasteiger partial charge in [0.25, 0.3) is 0 Å². The Morgan fingerprint density at radius 1 is 1.16 bits per heavy atom. The molecule has 6 nitrogen and oxygen atoms in total. The first-order valence-electron chi connectivity index (χ1n) is 8.01. The predicted molar refractivity (Wildman–Crippen MR) is 96.3 cm³/mol. The van der Waals surface area contributed by atoms with Crippen LogP contribution in [0, 0.1) is 5.92 Å². The van der Waals surface area contributed by atoms with Gasteiger partial charge in [0, 0.05) is 24.5 Å². The minimum absolute atomic E-state index is 0.0481. The van der Waals surface area contributed by atoms with Gasteiger partial charge in [-0.2, -0.15) is 0 Å². The van der Waals surface area contributed by atoms with Crippen LogP contribution in [0.25, 0.3) is 0 Å². The molecule has 0 aliphatic heterocycles. The molecule has 1 heterocycles. The molecule has 2 aromatic rings. The van der Waals surface area contributed by atoms with Crippen LogP contribution in [0.15, 0.2) is 47.6 Å². The Bertz CT molecular complexity index is 792. The summed E-state index contributed by atoms with van der Waals surface area (Å²) in [6, 6.07) is 7.97. The Balaban J connectivity index is 2.40. The highest BCUT2D eigenvalue weighted by Gasteiger charge is 2.26. The summed E-state index contributed by atoms with van der Waals surface area (Å²) in [7, 11) is -0.884. The highest BCUT2D eigenvalue weighted by Crippen LogP contribution is 2.30. The molecule has 0 spiro atoms. The van der Waals surface area contributed by atoms with Crippen LogP contribution in [0.2, 0.25) is 0 Å². The Morgan fingerprint density at radius 2 is 1.92 bits per heavy atom. The molecule has 0 saturated carbocycles. The van der Waals surface area contributed by atoms with Crippen LogP contribution in [-0.2, 0) is 10.0 Å². The Morgan fingerprint density at radius 3 is 2.48 bits per heavy atom. The molecule has 0 amide bonds. The zero-order valence-corrected chi connectivity index (χ0v) is 15.7. The number of methoxy groups -OCH3 is 2. The second-order valence-electron chi connectivity index (χ2n) is 6.11. The first-order chi connectivity index (χ1) is 11.9. The third kappa shape index (κ3) is 4.93. The second kappa shape index (κ2) is 8.31. The SMILES string of the molecule is COc1ccc(OC)c(S(=O)(=O)NC(CC(C)C)c2cccnc2)c1. The number of pyridine rings is 1. The van der Waals surface area contributed by atoms with Crippen molar-refractivity contribution in [2.24, 2.45) is 5.92 Å². The van der Waals surface area contributed by atoms with Crippen molar-refractivity contribution in [3.8, 4) is 11.5 Å². The van der Waals surface area contributed by atoms with E-state index in [0.29, 0.717) is 18.1 Å². The molecule has 0 saturated heterocycles. The average molecular weight is 364 g/mol. The van der Waals surface area contributed by atoms with Gasteiger partial charge in [-0.05, 0) is 36.1 Å². The topological polar surface area (TPSA) is 77.5 Å². The number of rotatable bonds is 8. The van der Waals surface area contributed by atoms with Gasteiger partial charge in [0.1, 0.15) is 16.4 Å². The van der Waals surface area contributed by atoms with Crippen LogP contribution in [0.3, 0.4) is 0 Å². The number of ether oxygens (including phenoxy) is 2. The second-order valence-corrected chi connectivity index (χ2v) is 7.79. The zero-order valence-electron chi connectivity index (χ0n) is 14.9. The average Bonchev–Trinajstić information content (AvgIpc) is 2.60.